The van der Waals surface area contributed by atoms with Crippen molar-refractivity contribution in [3.05, 3.63) is 78.4 Å². The summed E-state index contributed by atoms with van der Waals surface area (Å²) in [6, 6.07) is 14.1. The molecule has 0 fully saturated rings. The van der Waals surface area contributed by atoms with Gasteiger partial charge in [0.2, 0.25) is 0 Å². The highest BCUT2D eigenvalue weighted by atomic mass is 32.2. The normalized spacial score (nSPS) is 12.9. The average molecular weight is 889 g/mol. The topological polar surface area (TPSA) is 369 Å². The fourth-order valence-corrected chi connectivity index (χ4v) is 8.38. The number of fused-ring (bicyclic) bond motifs is 2. The van der Waals surface area contributed by atoms with Gasteiger partial charge in [-0.05, 0) is 95.1 Å². The molecule has 21 nitrogen and oxygen atoms in total. The lowest BCUT2D eigenvalue weighted by Crippen LogP contribution is -2.02. The first kappa shape index (κ1) is 42.3. The SMILES string of the molecule is COc1cc(-c2ccc(N=Nc3c(S(=O)(=O)O)cc4cc(S(=O)(=O)O)cc(N)c4c3O)c(C)c2)ccc1N=Nc1c(S(=O)(=O)O)cc2cc(S(=O)(=O)O)cc(N)c2c1O. The number of phenols is 2. The van der Waals surface area contributed by atoms with Crippen molar-refractivity contribution in [2.45, 2.75) is 26.5 Å². The first-order valence-corrected chi connectivity index (χ1v) is 21.8. The molecule has 0 saturated carbocycles. The molecule has 0 heterocycles. The van der Waals surface area contributed by atoms with E-state index in [1.807, 2.05) is 0 Å². The van der Waals surface area contributed by atoms with Crippen LogP contribution in [-0.2, 0) is 40.5 Å². The Morgan fingerprint density at radius 3 is 1.32 bits per heavy atom. The highest BCUT2D eigenvalue weighted by Gasteiger charge is 2.27. The quantitative estimate of drug-likeness (QED) is 0.0420. The minimum Gasteiger partial charge on any atom is -0.505 e. The molecule has 0 spiro atoms. The Labute approximate surface area is 333 Å². The fraction of sp³-hybridized carbons (Fsp3) is 0.0588. The van der Waals surface area contributed by atoms with Crippen LogP contribution in [0.1, 0.15) is 5.56 Å². The van der Waals surface area contributed by atoms with Gasteiger partial charge < -0.3 is 26.4 Å². The second kappa shape index (κ2) is 14.8. The zero-order valence-electron chi connectivity index (χ0n) is 29.9. The van der Waals surface area contributed by atoms with Crippen molar-refractivity contribution in [2.75, 3.05) is 18.6 Å². The summed E-state index contributed by atoms with van der Waals surface area (Å²) < 4.78 is 140. The van der Waals surface area contributed by atoms with E-state index in [9.17, 15) is 62.1 Å². The molecule has 0 unspecified atom stereocenters. The third-order valence-corrected chi connectivity index (χ3v) is 12.1. The number of azo groups is 2. The third-order valence-electron chi connectivity index (χ3n) is 8.68. The maximum absolute atomic E-state index is 12.3. The Kier molecular flexibility index (Phi) is 10.6. The van der Waals surface area contributed by atoms with E-state index in [1.165, 1.54) is 25.3 Å². The van der Waals surface area contributed by atoms with Gasteiger partial charge in [0.1, 0.15) is 32.6 Å². The van der Waals surface area contributed by atoms with Crippen LogP contribution >= 0.6 is 0 Å². The van der Waals surface area contributed by atoms with Crippen molar-refractivity contribution in [2.24, 2.45) is 20.5 Å². The number of nitrogen functional groups attached to an aromatic ring is 2. The number of hydrogen-bond acceptors (Lipinski definition) is 17. The standard InChI is InChI=1S/C34H28N6O15S4/c1-15-7-16(3-5-24(15)37-39-31-27(58(49,50)51)11-18-8-20(56(43,44)45)13-22(35)29(18)33(31)41)17-4-6-25(26(10-17)55-2)38-40-32-28(59(52,53)54)12-19-9-21(57(46,47)48)14-23(36)30(19)34(32)42/h3-14,41-42H,35-36H2,1-2H3,(H,43,44,45)(H,46,47,48)(H,49,50,51)(H,52,53,54). The number of benzene rings is 6. The largest absolute Gasteiger partial charge is 0.505 e. The number of nitrogens with zero attached hydrogens (tertiary/aromatic N) is 4. The van der Waals surface area contributed by atoms with E-state index in [0.29, 0.717) is 16.7 Å². The van der Waals surface area contributed by atoms with Crippen molar-refractivity contribution < 1.29 is 66.8 Å². The number of phenolic OH excluding ortho intramolecular Hbond substituents is 2. The molecule has 6 rings (SSSR count). The van der Waals surface area contributed by atoms with E-state index in [-0.39, 0.29) is 50.0 Å². The Balaban J connectivity index is 1.36. The van der Waals surface area contributed by atoms with Crippen molar-refractivity contribution >= 4 is 96.1 Å². The van der Waals surface area contributed by atoms with Gasteiger partial charge in [-0.25, -0.2) is 0 Å². The molecule has 6 aromatic carbocycles. The zero-order chi connectivity index (χ0) is 43.6. The van der Waals surface area contributed by atoms with Gasteiger partial charge in [0.25, 0.3) is 40.5 Å². The van der Waals surface area contributed by atoms with Crippen LogP contribution in [0.25, 0.3) is 32.7 Å². The van der Waals surface area contributed by atoms with Gasteiger partial charge in [-0.1, -0.05) is 12.1 Å². The summed E-state index contributed by atoms with van der Waals surface area (Å²) in [5, 5.41) is 36.8. The zero-order valence-corrected chi connectivity index (χ0v) is 33.1. The van der Waals surface area contributed by atoms with E-state index < -0.39 is 82.9 Å². The van der Waals surface area contributed by atoms with Gasteiger partial charge >= 0.3 is 0 Å². The van der Waals surface area contributed by atoms with Crippen LogP contribution in [0.2, 0.25) is 0 Å². The molecule has 25 heteroatoms. The Morgan fingerprint density at radius 1 is 0.525 bits per heavy atom. The molecule has 0 aromatic heterocycles. The van der Waals surface area contributed by atoms with Crippen molar-refractivity contribution in [1.82, 2.24) is 0 Å². The van der Waals surface area contributed by atoms with E-state index in [4.69, 9.17) is 16.2 Å². The number of anilines is 2. The summed E-state index contributed by atoms with van der Waals surface area (Å²) in [6.07, 6.45) is 0. The smallest absolute Gasteiger partial charge is 0.296 e. The highest BCUT2D eigenvalue weighted by Crippen LogP contribution is 2.47. The molecule has 308 valence electrons. The molecule has 10 N–H and O–H groups in total. The Hall–Kier alpha value is -6.32. The molecule has 0 aliphatic rings. The second-order valence-electron chi connectivity index (χ2n) is 12.6. The molecule has 59 heavy (non-hydrogen) atoms. The van der Waals surface area contributed by atoms with E-state index >= 15 is 0 Å². The van der Waals surface area contributed by atoms with Gasteiger partial charge in [0, 0.05) is 22.1 Å². The summed E-state index contributed by atoms with van der Waals surface area (Å²) in [4.78, 5) is -3.32. The lowest BCUT2D eigenvalue weighted by Gasteiger charge is -2.12. The van der Waals surface area contributed by atoms with Crippen LogP contribution in [0.3, 0.4) is 0 Å². The lowest BCUT2D eigenvalue weighted by atomic mass is 10.0. The molecule has 0 aliphatic heterocycles. The van der Waals surface area contributed by atoms with Crippen LogP contribution in [0.5, 0.6) is 17.2 Å². The Morgan fingerprint density at radius 2 is 0.932 bits per heavy atom. The van der Waals surface area contributed by atoms with Crippen molar-refractivity contribution in [3.63, 3.8) is 0 Å². The second-order valence-corrected chi connectivity index (χ2v) is 18.2. The van der Waals surface area contributed by atoms with E-state index in [1.54, 1.807) is 25.1 Å². The number of rotatable bonds is 10. The summed E-state index contributed by atoms with van der Waals surface area (Å²) in [5.41, 5.74) is 11.3. The lowest BCUT2D eigenvalue weighted by molar-refractivity contribution is 0.416. The summed E-state index contributed by atoms with van der Waals surface area (Å²) in [5.74, 6) is -1.66. The molecule has 0 bridgehead atoms. The van der Waals surface area contributed by atoms with Crippen molar-refractivity contribution in [3.8, 4) is 28.4 Å². The van der Waals surface area contributed by atoms with E-state index in [2.05, 4.69) is 20.5 Å². The van der Waals surface area contributed by atoms with Gasteiger partial charge in [0.15, 0.2) is 11.5 Å². The minimum atomic E-state index is -5.12. The number of aromatic hydroxyl groups is 2. The van der Waals surface area contributed by atoms with Crippen LogP contribution < -0.4 is 16.2 Å². The molecule has 0 atom stereocenters. The predicted octanol–water partition coefficient (Wildman–Crippen LogP) is 6.37. The number of ether oxygens (including phenoxy) is 1. The molecule has 0 aliphatic carbocycles. The number of methoxy groups -OCH3 is 1. The van der Waals surface area contributed by atoms with Crippen LogP contribution in [-0.4, -0.2) is 69.2 Å². The third kappa shape index (κ3) is 8.34. The molecule has 0 radical (unpaired) electrons. The van der Waals surface area contributed by atoms with Gasteiger partial charge in [-0.2, -0.15) is 38.8 Å². The maximum Gasteiger partial charge on any atom is 0.296 e. The molecule has 6 aromatic rings. The van der Waals surface area contributed by atoms with Crippen LogP contribution in [0, 0.1) is 6.92 Å². The number of aryl methyl sites for hydroxylation is 1. The van der Waals surface area contributed by atoms with Gasteiger partial charge in [-0.15, -0.1) is 15.3 Å². The first-order chi connectivity index (χ1) is 27.3. The molecule has 0 saturated heterocycles. The van der Waals surface area contributed by atoms with E-state index in [0.717, 1.165) is 36.4 Å². The van der Waals surface area contributed by atoms with Crippen LogP contribution in [0.15, 0.2) is 113 Å². The highest BCUT2D eigenvalue weighted by molar-refractivity contribution is 7.86. The predicted molar refractivity (Wildman–Crippen MR) is 211 cm³/mol. The first-order valence-electron chi connectivity index (χ1n) is 16.0. The van der Waals surface area contributed by atoms with Crippen LogP contribution in [0.4, 0.5) is 34.1 Å². The van der Waals surface area contributed by atoms with Gasteiger partial charge in [-0.3, -0.25) is 18.2 Å². The number of nitrogens with two attached hydrogens (primary N) is 2. The molecular formula is C34H28N6O15S4. The molecular weight excluding hydrogens is 861 g/mol. The maximum atomic E-state index is 12.3. The Bertz CT molecular complexity index is 3320. The summed E-state index contributed by atoms with van der Waals surface area (Å²) >= 11 is 0. The number of hydrogen-bond donors (Lipinski definition) is 8. The summed E-state index contributed by atoms with van der Waals surface area (Å²) in [6.45, 7) is 1.62. The van der Waals surface area contributed by atoms with Gasteiger partial charge in [0.05, 0.1) is 22.6 Å². The monoisotopic (exact) mass is 888 g/mol. The van der Waals surface area contributed by atoms with Crippen molar-refractivity contribution in [1.29, 1.82) is 0 Å². The average Bonchev–Trinajstić information content (AvgIpc) is 3.12. The summed E-state index contributed by atoms with van der Waals surface area (Å²) in [7, 11) is -18.5. The molecule has 0 amide bonds. The minimum absolute atomic E-state index is 0.00792. The fourth-order valence-electron chi connectivity index (χ4n) is 5.96.